The lowest BCUT2D eigenvalue weighted by Crippen LogP contribution is -2.38. The number of likely N-dealkylation sites (tertiary alicyclic amines) is 1. The predicted molar refractivity (Wildman–Crippen MR) is 69.4 cm³/mol. The summed E-state index contributed by atoms with van der Waals surface area (Å²) >= 11 is 5.81. The van der Waals surface area contributed by atoms with E-state index in [-0.39, 0.29) is 0 Å². The molecule has 2 saturated heterocycles. The summed E-state index contributed by atoms with van der Waals surface area (Å²) in [5.41, 5.74) is 0. The molecule has 0 saturated carbocycles. The van der Waals surface area contributed by atoms with Crippen molar-refractivity contribution in [2.75, 3.05) is 32.8 Å². The third kappa shape index (κ3) is 4.59. The molecule has 0 aromatic heterocycles. The fourth-order valence-electron chi connectivity index (χ4n) is 2.50. The second kappa shape index (κ2) is 6.74. The minimum atomic E-state index is 0.343. The highest BCUT2D eigenvalue weighted by Gasteiger charge is 2.22. The van der Waals surface area contributed by atoms with Crippen molar-refractivity contribution in [3.63, 3.8) is 0 Å². The average molecular weight is 260 g/mol. The van der Waals surface area contributed by atoms with Crippen LogP contribution in [0.3, 0.4) is 0 Å². The van der Waals surface area contributed by atoms with Gasteiger partial charge in [0, 0.05) is 31.3 Å². The summed E-state index contributed by atoms with van der Waals surface area (Å²) < 4.78 is 11.5. The summed E-state index contributed by atoms with van der Waals surface area (Å²) in [6.45, 7) is 8.33. The van der Waals surface area contributed by atoms with Gasteiger partial charge < -0.3 is 9.47 Å². The van der Waals surface area contributed by atoms with Crippen LogP contribution in [-0.2, 0) is 9.47 Å². The highest BCUT2D eigenvalue weighted by molar-refractivity contribution is 6.29. The van der Waals surface area contributed by atoms with E-state index in [9.17, 15) is 0 Å². The lowest BCUT2D eigenvalue weighted by atomic mass is 10.1. The summed E-state index contributed by atoms with van der Waals surface area (Å²) in [5.74, 6) is 0. The van der Waals surface area contributed by atoms with Crippen molar-refractivity contribution < 1.29 is 9.47 Å². The minimum absolute atomic E-state index is 0.343. The fourth-order valence-corrected chi connectivity index (χ4v) is 2.66. The molecule has 0 amide bonds. The molecule has 1 atom stereocenters. The summed E-state index contributed by atoms with van der Waals surface area (Å²) in [7, 11) is 0. The Bertz CT molecular complexity index is 246. The molecule has 0 bridgehead atoms. The van der Waals surface area contributed by atoms with Crippen LogP contribution in [0.15, 0.2) is 11.6 Å². The highest BCUT2D eigenvalue weighted by Crippen LogP contribution is 2.18. The number of hydrogen-bond donors (Lipinski definition) is 0. The Morgan fingerprint density at radius 1 is 1.35 bits per heavy atom. The summed E-state index contributed by atoms with van der Waals surface area (Å²) in [5, 5.41) is 0.726. The first kappa shape index (κ1) is 13.3. The maximum absolute atomic E-state index is 5.91. The van der Waals surface area contributed by atoms with Gasteiger partial charge in [-0.25, -0.2) is 0 Å². The third-order valence-electron chi connectivity index (χ3n) is 3.47. The largest absolute Gasteiger partial charge is 0.376 e. The molecule has 2 aliphatic rings. The normalized spacial score (nSPS) is 27.5. The van der Waals surface area contributed by atoms with Gasteiger partial charge >= 0.3 is 0 Å². The zero-order chi connectivity index (χ0) is 12.1. The Morgan fingerprint density at radius 2 is 2.12 bits per heavy atom. The van der Waals surface area contributed by atoms with Crippen molar-refractivity contribution in [3.8, 4) is 0 Å². The molecule has 0 unspecified atom stereocenters. The molecule has 98 valence electrons. The quantitative estimate of drug-likeness (QED) is 0.757. The number of ether oxygens (including phenoxy) is 2. The van der Waals surface area contributed by atoms with Crippen LogP contribution in [0.1, 0.15) is 25.7 Å². The van der Waals surface area contributed by atoms with Gasteiger partial charge in [-0.2, -0.15) is 0 Å². The van der Waals surface area contributed by atoms with Crippen molar-refractivity contribution >= 4 is 11.6 Å². The summed E-state index contributed by atoms with van der Waals surface area (Å²) in [4.78, 5) is 2.33. The van der Waals surface area contributed by atoms with Gasteiger partial charge in [-0.1, -0.05) is 18.2 Å². The number of rotatable bonds is 5. The van der Waals surface area contributed by atoms with Gasteiger partial charge in [-0.3, -0.25) is 4.90 Å². The molecule has 0 aliphatic carbocycles. The van der Waals surface area contributed by atoms with E-state index in [1.165, 1.54) is 6.42 Å². The smallest absolute Gasteiger partial charge is 0.0809 e. The van der Waals surface area contributed by atoms with E-state index in [0.29, 0.717) is 12.2 Å². The van der Waals surface area contributed by atoms with Gasteiger partial charge in [0.1, 0.15) is 0 Å². The highest BCUT2D eigenvalue weighted by atomic mass is 35.5. The molecule has 2 heterocycles. The van der Waals surface area contributed by atoms with Crippen molar-refractivity contribution in [2.24, 2.45) is 0 Å². The number of piperidine rings is 1. The Kier molecular flexibility index (Phi) is 5.29. The number of hydrogen-bond acceptors (Lipinski definition) is 3. The first-order valence-corrected chi connectivity index (χ1v) is 6.90. The standard InChI is InChI=1S/C13H22ClNO2/c1-11(14)9-15-6-4-12(5-7-15)17-10-13-3-2-8-16-13/h12-13H,1-10H2/t13-/m0/s1. The van der Waals surface area contributed by atoms with E-state index in [1.54, 1.807) is 0 Å². The second-order valence-electron chi connectivity index (χ2n) is 4.96. The topological polar surface area (TPSA) is 21.7 Å². The van der Waals surface area contributed by atoms with Crippen LogP contribution < -0.4 is 0 Å². The van der Waals surface area contributed by atoms with E-state index in [0.717, 1.165) is 57.1 Å². The van der Waals surface area contributed by atoms with Crippen molar-refractivity contribution in [1.82, 2.24) is 4.90 Å². The molecule has 0 spiro atoms. The van der Waals surface area contributed by atoms with E-state index >= 15 is 0 Å². The van der Waals surface area contributed by atoms with Crippen molar-refractivity contribution in [2.45, 2.75) is 37.9 Å². The van der Waals surface area contributed by atoms with Gasteiger partial charge in [0.25, 0.3) is 0 Å². The first-order valence-electron chi connectivity index (χ1n) is 6.53. The van der Waals surface area contributed by atoms with Crippen LogP contribution in [0.5, 0.6) is 0 Å². The van der Waals surface area contributed by atoms with E-state index in [4.69, 9.17) is 21.1 Å². The molecule has 0 aromatic carbocycles. The molecule has 0 aromatic rings. The lowest BCUT2D eigenvalue weighted by molar-refractivity contribution is -0.0409. The Balaban J connectivity index is 1.60. The fraction of sp³-hybridized carbons (Fsp3) is 0.846. The number of nitrogens with zero attached hydrogens (tertiary/aromatic N) is 1. The van der Waals surface area contributed by atoms with E-state index in [2.05, 4.69) is 11.5 Å². The van der Waals surface area contributed by atoms with Crippen molar-refractivity contribution in [3.05, 3.63) is 11.6 Å². The molecule has 2 fully saturated rings. The van der Waals surface area contributed by atoms with Gasteiger partial charge in [0.2, 0.25) is 0 Å². The Labute approximate surface area is 109 Å². The molecule has 0 radical (unpaired) electrons. The van der Waals surface area contributed by atoms with Crippen LogP contribution in [0, 0.1) is 0 Å². The summed E-state index contributed by atoms with van der Waals surface area (Å²) in [6.07, 6.45) is 5.28. The maximum atomic E-state index is 5.91. The molecule has 3 nitrogen and oxygen atoms in total. The van der Waals surface area contributed by atoms with E-state index in [1.807, 2.05) is 0 Å². The molecule has 2 aliphatic heterocycles. The van der Waals surface area contributed by atoms with Gasteiger partial charge in [-0.15, -0.1) is 0 Å². The molecule has 17 heavy (non-hydrogen) atoms. The van der Waals surface area contributed by atoms with Crippen LogP contribution in [0.25, 0.3) is 0 Å². The monoisotopic (exact) mass is 259 g/mol. The molecule has 2 rings (SSSR count). The first-order chi connectivity index (χ1) is 8.24. The Morgan fingerprint density at radius 3 is 2.71 bits per heavy atom. The molecular weight excluding hydrogens is 238 g/mol. The zero-order valence-electron chi connectivity index (χ0n) is 10.4. The number of halogens is 1. The van der Waals surface area contributed by atoms with Crippen LogP contribution in [0.2, 0.25) is 0 Å². The lowest BCUT2D eigenvalue weighted by Gasteiger charge is -2.32. The van der Waals surface area contributed by atoms with E-state index < -0.39 is 0 Å². The van der Waals surface area contributed by atoms with Crippen LogP contribution in [-0.4, -0.2) is 50.0 Å². The average Bonchev–Trinajstić information content (AvgIpc) is 2.80. The summed E-state index contributed by atoms with van der Waals surface area (Å²) in [6, 6.07) is 0. The Hall–Kier alpha value is -0.0900. The maximum Gasteiger partial charge on any atom is 0.0809 e. The minimum Gasteiger partial charge on any atom is -0.376 e. The van der Waals surface area contributed by atoms with Crippen molar-refractivity contribution in [1.29, 1.82) is 0 Å². The zero-order valence-corrected chi connectivity index (χ0v) is 11.1. The van der Waals surface area contributed by atoms with Gasteiger partial charge in [0.05, 0.1) is 18.8 Å². The molecule has 4 heteroatoms. The van der Waals surface area contributed by atoms with Crippen LogP contribution >= 0.6 is 11.6 Å². The predicted octanol–water partition coefficient (Wildman–Crippen LogP) is 2.40. The van der Waals surface area contributed by atoms with Gasteiger partial charge in [-0.05, 0) is 25.7 Å². The van der Waals surface area contributed by atoms with Crippen LogP contribution in [0.4, 0.5) is 0 Å². The second-order valence-corrected chi connectivity index (χ2v) is 5.50. The third-order valence-corrected chi connectivity index (χ3v) is 3.59. The van der Waals surface area contributed by atoms with Gasteiger partial charge in [0.15, 0.2) is 0 Å². The SMILES string of the molecule is C=C(Cl)CN1CCC(OC[C@@H]2CCCO2)CC1. The molecule has 0 N–H and O–H groups in total. The molecular formula is C13H22ClNO2.